The minimum absolute atomic E-state index is 0. The first-order valence-corrected chi connectivity index (χ1v) is 9.65. The maximum Gasteiger partial charge on any atom is 0.243 e. The van der Waals surface area contributed by atoms with E-state index in [1.165, 1.54) is 4.31 Å². The van der Waals surface area contributed by atoms with Crippen LogP contribution in [0.2, 0.25) is 0 Å². The number of benzene rings is 1. The topological polar surface area (TPSA) is 83.7 Å². The summed E-state index contributed by atoms with van der Waals surface area (Å²) >= 11 is 0. The predicted molar refractivity (Wildman–Crippen MR) is 101 cm³/mol. The zero-order valence-corrected chi connectivity index (χ0v) is 16.6. The van der Waals surface area contributed by atoms with Crippen LogP contribution >= 0.6 is 12.4 Å². The highest BCUT2D eigenvalue weighted by atomic mass is 35.5. The van der Waals surface area contributed by atoms with Gasteiger partial charge in [-0.25, -0.2) is 8.42 Å². The summed E-state index contributed by atoms with van der Waals surface area (Å²) < 4.78 is 27.0. The lowest BCUT2D eigenvalue weighted by molar-refractivity contribution is -0.134. The summed E-state index contributed by atoms with van der Waals surface area (Å²) in [5.74, 6) is -0.159. The van der Waals surface area contributed by atoms with Crippen LogP contribution in [0.3, 0.4) is 0 Å². The molecule has 1 aromatic rings. The molecule has 25 heavy (non-hydrogen) atoms. The average molecular weight is 390 g/mol. The Balaban J connectivity index is 0.00000312. The number of nitrogens with two attached hydrogens (primary N) is 1. The number of carbonyl (C=O) groups excluding carboxylic acids is 1. The molecule has 1 amide bonds. The SMILES string of the molecule is CN(CC(C)(C)CN)C(=O)C1CCCN1S(=O)(=O)c1ccccc1.Cl. The van der Waals surface area contributed by atoms with E-state index in [1.54, 1.807) is 42.3 Å². The number of likely N-dealkylation sites (N-methyl/N-ethyl adjacent to an activating group) is 1. The second-order valence-electron chi connectivity index (χ2n) is 7.15. The van der Waals surface area contributed by atoms with E-state index in [0.29, 0.717) is 32.5 Å². The third-order valence-corrected chi connectivity index (χ3v) is 6.35. The Bertz CT molecular complexity index is 680. The Hall–Kier alpha value is -1.15. The van der Waals surface area contributed by atoms with Crippen molar-refractivity contribution in [1.29, 1.82) is 0 Å². The number of hydrogen-bond acceptors (Lipinski definition) is 4. The fourth-order valence-electron chi connectivity index (χ4n) is 3.04. The van der Waals surface area contributed by atoms with E-state index in [-0.39, 0.29) is 28.6 Å². The Labute approximate surface area is 156 Å². The largest absolute Gasteiger partial charge is 0.344 e. The van der Waals surface area contributed by atoms with Crippen molar-refractivity contribution in [2.45, 2.75) is 37.6 Å². The molecule has 1 unspecified atom stereocenters. The Morgan fingerprint density at radius 1 is 1.32 bits per heavy atom. The van der Waals surface area contributed by atoms with Crippen LogP contribution in [0.5, 0.6) is 0 Å². The summed E-state index contributed by atoms with van der Waals surface area (Å²) in [4.78, 5) is 14.6. The lowest BCUT2D eigenvalue weighted by Crippen LogP contribution is -2.49. The normalized spacial score (nSPS) is 18.6. The lowest BCUT2D eigenvalue weighted by atomic mass is 9.93. The molecule has 1 heterocycles. The molecule has 0 spiro atoms. The van der Waals surface area contributed by atoms with Gasteiger partial charge in [0.2, 0.25) is 15.9 Å². The fraction of sp³-hybridized carbons (Fsp3) is 0.588. The molecule has 1 aliphatic heterocycles. The van der Waals surface area contributed by atoms with Crippen LogP contribution in [0.25, 0.3) is 0 Å². The number of sulfonamides is 1. The van der Waals surface area contributed by atoms with Gasteiger partial charge in [0.05, 0.1) is 4.90 Å². The van der Waals surface area contributed by atoms with Crippen LogP contribution in [0, 0.1) is 5.41 Å². The molecule has 1 atom stereocenters. The van der Waals surface area contributed by atoms with Crippen LogP contribution in [0.4, 0.5) is 0 Å². The van der Waals surface area contributed by atoms with Gasteiger partial charge in [-0.1, -0.05) is 32.0 Å². The number of nitrogens with zero attached hydrogens (tertiary/aromatic N) is 2. The summed E-state index contributed by atoms with van der Waals surface area (Å²) in [5, 5.41) is 0. The van der Waals surface area contributed by atoms with E-state index in [2.05, 4.69) is 0 Å². The average Bonchev–Trinajstić information content (AvgIpc) is 3.05. The molecule has 6 nitrogen and oxygen atoms in total. The summed E-state index contributed by atoms with van der Waals surface area (Å²) in [6.45, 7) is 5.31. The maximum absolute atomic E-state index is 12.8. The third-order valence-electron chi connectivity index (χ3n) is 4.43. The van der Waals surface area contributed by atoms with Gasteiger partial charge in [-0.3, -0.25) is 4.79 Å². The van der Waals surface area contributed by atoms with Gasteiger partial charge in [0.25, 0.3) is 0 Å². The zero-order chi connectivity index (χ0) is 18.0. The second kappa shape index (κ2) is 8.49. The number of halogens is 1. The van der Waals surface area contributed by atoms with Gasteiger partial charge in [0.1, 0.15) is 6.04 Å². The predicted octanol–water partition coefficient (Wildman–Crippen LogP) is 1.70. The maximum atomic E-state index is 12.8. The molecule has 0 aliphatic carbocycles. The van der Waals surface area contributed by atoms with Crippen molar-refractivity contribution >= 4 is 28.3 Å². The van der Waals surface area contributed by atoms with Crippen molar-refractivity contribution in [3.8, 4) is 0 Å². The number of rotatable bonds is 6. The quantitative estimate of drug-likeness (QED) is 0.802. The molecular formula is C17H28ClN3O3S. The van der Waals surface area contributed by atoms with Crippen molar-refractivity contribution in [1.82, 2.24) is 9.21 Å². The molecule has 1 aliphatic rings. The van der Waals surface area contributed by atoms with Crippen molar-refractivity contribution in [3.05, 3.63) is 30.3 Å². The number of amides is 1. The molecule has 0 radical (unpaired) electrons. The summed E-state index contributed by atoms with van der Waals surface area (Å²) in [5.41, 5.74) is 5.53. The van der Waals surface area contributed by atoms with Gasteiger partial charge in [-0.15, -0.1) is 12.4 Å². The van der Waals surface area contributed by atoms with E-state index < -0.39 is 16.1 Å². The molecular weight excluding hydrogens is 362 g/mol. The zero-order valence-electron chi connectivity index (χ0n) is 15.0. The second-order valence-corrected chi connectivity index (χ2v) is 9.04. The van der Waals surface area contributed by atoms with Crippen LogP contribution in [-0.2, 0) is 14.8 Å². The number of carbonyl (C=O) groups is 1. The van der Waals surface area contributed by atoms with Gasteiger partial charge < -0.3 is 10.6 Å². The van der Waals surface area contributed by atoms with Gasteiger partial charge >= 0.3 is 0 Å². The van der Waals surface area contributed by atoms with E-state index in [4.69, 9.17) is 5.73 Å². The molecule has 1 saturated heterocycles. The van der Waals surface area contributed by atoms with Crippen LogP contribution < -0.4 is 5.73 Å². The van der Waals surface area contributed by atoms with E-state index in [9.17, 15) is 13.2 Å². The van der Waals surface area contributed by atoms with E-state index in [0.717, 1.165) is 0 Å². The summed E-state index contributed by atoms with van der Waals surface area (Å²) in [7, 11) is -1.94. The van der Waals surface area contributed by atoms with Crippen LogP contribution in [-0.4, -0.2) is 56.3 Å². The standard InChI is InChI=1S/C17H27N3O3S.ClH/c1-17(2,12-18)13-19(3)16(21)15-10-7-11-20(15)24(22,23)14-8-5-4-6-9-14;/h4-6,8-9,15H,7,10-13,18H2,1-3H3;1H. The molecule has 142 valence electrons. The molecule has 2 rings (SSSR count). The third kappa shape index (κ3) is 4.94. The Morgan fingerprint density at radius 2 is 1.92 bits per heavy atom. The summed E-state index contributed by atoms with van der Waals surface area (Å²) in [6.07, 6.45) is 1.24. The van der Waals surface area contributed by atoms with E-state index >= 15 is 0 Å². The van der Waals surface area contributed by atoms with Crippen molar-refractivity contribution in [3.63, 3.8) is 0 Å². The molecule has 2 N–H and O–H groups in total. The summed E-state index contributed by atoms with van der Waals surface area (Å²) in [6, 6.07) is 7.65. The first-order valence-electron chi connectivity index (χ1n) is 8.21. The molecule has 0 bridgehead atoms. The first kappa shape index (κ1) is 21.9. The van der Waals surface area contributed by atoms with Gasteiger partial charge in [-0.2, -0.15) is 4.31 Å². The first-order chi connectivity index (χ1) is 11.2. The highest BCUT2D eigenvalue weighted by Gasteiger charge is 2.41. The van der Waals surface area contributed by atoms with Gasteiger partial charge in [0, 0.05) is 20.1 Å². The monoisotopic (exact) mass is 389 g/mol. The van der Waals surface area contributed by atoms with E-state index in [1.807, 2.05) is 13.8 Å². The van der Waals surface area contributed by atoms with Crippen LogP contribution in [0.15, 0.2) is 35.2 Å². The lowest BCUT2D eigenvalue weighted by Gasteiger charge is -2.32. The van der Waals surface area contributed by atoms with Gasteiger partial charge in [-0.05, 0) is 36.9 Å². The number of hydrogen-bond donors (Lipinski definition) is 1. The molecule has 8 heteroatoms. The molecule has 0 saturated carbocycles. The van der Waals surface area contributed by atoms with Gasteiger partial charge in [0.15, 0.2) is 0 Å². The Kier molecular flexibility index (Phi) is 7.43. The molecule has 1 fully saturated rings. The molecule has 1 aromatic carbocycles. The highest BCUT2D eigenvalue weighted by molar-refractivity contribution is 7.89. The fourth-order valence-corrected chi connectivity index (χ4v) is 4.71. The minimum atomic E-state index is -3.65. The van der Waals surface area contributed by atoms with Crippen molar-refractivity contribution in [2.75, 3.05) is 26.7 Å². The van der Waals surface area contributed by atoms with Crippen molar-refractivity contribution < 1.29 is 13.2 Å². The minimum Gasteiger partial charge on any atom is -0.344 e. The molecule has 0 aromatic heterocycles. The van der Waals surface area contributed by atoms with Crippen molar-refractivity contribution in [2.24, 2.45) is 11.1 Å². The van der Waals surface area contributed by atoms with Crippen LogP contribution in [0.1, 0.15) is 26.7 Å². The highest BCUT2D eigenvalue weighted by Crippen LogP contribution is 2.27. The smallest absolute Gasteiger partial charge is 0.243 e. The Morgan fingerprint density at radius 3 is 2.48 bits per heavy atom.